The van der Waals surface area contributed by atoms with Crippen LogP contribution in [0.3, 0.4) is 0 Å². The topological polar surface area (TPSA) is 38.8 Å². The average Bonchev–Trinajstić information content (AvgIpc) is 2.46. The predicted octanol–water partition coefficient (Wildman–Crippen LogP) is 2.64. The van der Waals surface area contributed by atoms with E-state index in [0.29, 0.717) is 25.3 Å². The monoisotopic (exact) mass is 249 g/mol. The molecule has 4 nitrogen and oxygen atoms in total. The van der Waals surface area contributed by atoms with Gasteiger partial charge in [-0.3, -0.25) is 9.63 Å². The van der Waals surface area contributed by atoms with Gasteiger partial charge >= 0.3 is 0 Å². The first-order valence-electron chi connectivity index (χ1n) is 6.49. The maximum absolute atomic E-state index is 12.1. The number of rotatable bonds is 4. The summed E-state index contributed by atoms with van der Waals surface area (Å²) in [6.07, 6.45) is 3.00. The number of hydrogen-bond donors (Lipinski definition) is 0. The van der Waals surface area contributed by atoms with E-state index >= 15 is 0 Å². The second-order valence-corrected chi connectivity index (χ2v) is 4.32. The molecule has 1 aromatic carbocycles. The maximum Gasteiger partial charge on any atom is 0.277 e. The normalized spacial score (nSPS) is 15.5. The minimum Gasteiger partial charge on any atom is -0.494 e. The third kappa shape index (κ3) is 3.23. The van der Waals surface area contributed by atoms with E-state index in [1.807, 2.05) is 12.1 Å². The number of hydroxylamine groups is 2. The Morgan fingerprint density at radius 1 is 1.33 bits per heavy atom. The molecule has 0 atom stereocenters. The van der Waals surface area contributed by atoms with Crippen LogP contribution < -0.4 is 4.74 Å². The largest absolute Gasteiger partial charge is 0.494 e. The molecule has 0 aromatic heterocycles. The summed E-state index contributed by atoms with van der Waals surface area (Å²) in [5, 5.41) is 1.45. The van der Waals surface area contributed by atoms with Crippen LogP contribution in [0.5, 0.6) is 5.75 Å². The van der Waals surface area contributed by atoms with Gasteiger partial charge in [0.25, 0.3) is 5.91 Å². The van der Waals surface area contributed by atoms with Crippen molar-refractivity contribution in [2.75, 3.05) is 19.8 Å². The Morgan fingerprint density at radius 3 is 2.72 bits per heavy atom. The lowest BCUT2D eigenvalue weighted by molar-refractivity contribution is -0.144. The number of carbonyl (C=O) groups excluding carboxylic acids is 1. The van der Waals surface area contributed by atoms with E-state index in [4.69, 9.17) is 9.57 Å². The third-order valence-electron chi connectivity index (χ3n) is 2.80. The van der Waals surface area contributed by atoms with Crippen molar-refractivity contribution in [2.24, 2.45) is 0 Å². The van der Waals surface area contributed by atoms with Gasteiger partial charge in [0, 0.05) is 12.1 Å². The number of amides is 1. The summed E-state index contributed by atoms with van der Waals surface area (Å²) in [6, 6.07) is 7.22. The van der Waals surface area contributed by atoms with Crippen LogP contribution in [-0.4, -0.2) is 30.7 Å². The molecule has 0 N–H and O–H groups in total. The molecule has 2 rings (SSSR count). The molecule has 0 unspecified atom stereocenters. The summed E-state index contributed by atoms with van der Waals surface area (Å²) in [7, 11) is 0. The molecular weight excluding hydrogens is 230 g/mol. The minimum atomic E-state index is -0.0725. The molecule has 1 aromatic rings. The fourth-order valence-electron chi connectivity index (χ4n) is 1.81. The molecular formula is C14H19NO3. The Hall–Kier alpha value is -1.55. The van der Waals surface area contributed by atoms with Crippen molar-refractivity contribution < 1.29 is 14.4 Å². The molecule has 0 radical (unpaired) electrons. The first-order chi connectivity index (χ1) is 8.81. The van der Waals surface area contributed by atoms with Crippen LogP contribution >= 0.6 is 0 Å². The van der Waals surface area contributed by atoms with Gasteiger partial charge in [-0.2, -0.15) is 0 Å². The highest BCUT2D eigenvalue weighted by molar-refractivity contribution is 5.93. The van der Waals surface area contributed by atoms with E-state index in [-0.39, 0.29) is 5.91 Å². The zero-order valence-corrected chi connectivity index (χ0v) is 10.7. The summed E-state index contributed by atoms with van der Waals surface area (Å²) in [6.45, 7) is 4.06. The molecule has 1 amide bonds. The fourth-order valence-corrected chi connectivity index (χ4v) is 1.81. The van der Waals surface area contributed by atoms with E-state index in [0.717, 1.165) is 25.0 Å². The quantitative estimate of drug-likeness (QED) is 0.823. The number of nitrogens with zero attached hydrogens (tertiary/aromatic N) is 1. The van der Waals surface area contributed by atoms with Crippen molar-refractivity contribution in [2.45, 2.75) is 26.2 Å². The standard InChI is InChI=1S/C14H19NO3/c1-2-10-17-13-7-5-12(6-8-13)14(16)15-9-3-4-11-18-15/h5-8H,2-4,9-11H2,1H3. The third-order valence-corrected chi connectivity index (χ3v) is 2.80. The van der Waals surface area contributed by atoms with Gasteiger partial charge < -0.3 is 4.74 Å². The average molecular weight is 249 g/mol. The van der Waals surface area contributed by atoms with Crippen molar-refractivity contribution >= 4 is 5.91 Å². The van der Waals surface area contributed by atoms with Crippen molar-refractivity contribution in [1.29, 1.82) is 0 Å². The van der Waals surface area contributed by atoms with Crippen molar-refractivity contribution in [3.63, 3.8) is 0 Å². The van der Waals surface area contributed by atoms with E-state index in [2.05, 4.69) is 6.92 Å². The van der Waals surface area contributed by atoms with Crippen LogP contribution in [-0.2, 0) is 4.84 Å². The smallest absolute Gasteiger partial charge is 0.277 e. The Morgan fingerprint density at radius 2 is 2.11 bits per heavy atom. The summed E-state index contributed by atoms with van der Waals surface area (Å²) in [5.41, 5.74) is 0.640. The predicted molar refractivity (Wildman–Crippen MR) is 68.5 cm³/mol. The molecule has 18 heavy (non-hydrogen) atoms. The summed E-state index contributed by atoms with van der Waals surface area (Å²) in [5.74, 6) is 0.727. The molecule has 4 heteroatoms. The Labute approximate surface area is 107 Å². The van der Waals surface area contributed by atoms with Gasteiger partial charge in [-0.15, -0.1) is 0 Å². The zero-order valence-electron chi connectivity index (χ0n) is 10.7. The Balaban J connectivity index is 1.97. The van der Waals surface area contributed by atoms with Crippen LogP contribution in [0.1, 0.15) is 36.5 Å². The lowest BCUT2D eigenvalue weighted by Gasteiger charge is -2.25. The van der Waals surface area contributed by atoms with Crippen molar-refractivity contribution in [1.82, 2.24) is 5.06 Å². The van der Waals surface area contributed by atoms with Crippen LogP contribution in [0.2, 0.25) is 0 Å². The van der Waals surface area contributed by atoms with E-state index in [1.165, 1.54) is 5.06 Å². The van der Waals surface area contributed by atoms with Gasteiger partial charge in [0.1, 0.15) is 5.75 Å². The minimum absolute atomic E-state index is 0.0725. The van der Waals surface area contributed by atoms with Crippen LogP contribution in [0.15, 0.2) is 24.3 Å². The summed E-state index contributed by atoms with van der Waals surface area (Å²) >= 11 is 0. The van der Waals surface area contributed by atoms with Crippen molar-refractivity contribution in [3.05, 3.63) is 29.8 Å². The van der Waals surface area contributed by atoms with E-state index in [9.17, 15) is 4.79 Å². The van der Waals surface area contributed by atoms with Crippen molar-refractivity contribution in [3.8, 4) is 5.75 Å². The van der Waals surface area contributed by atoms with Gasteiger partial charge in [-0.05, 0) is 43.5 Å². The summed E-state index contributed by atoms with van der Waals surface area (Å²) in [4.78, 5) is 17.4. The number of carbonyl (C=O) groups is 1. The highest BCUT2D eigenvalue weighted by atomic mass is 16.7. The zero-order chi connectivity index (χ0) is 12.8. The molecule has 1 fully saturated rings. The van der Waals surface area contributed by atoms with Crippen LogP contribution in [0, 0.1) is 0 Å². The van der Waals surface area contributed by atoms with Gasteiger partial charge in [0.15, 0.2) is 0 Å². The SMILES string of the molecule is CCCOc1ccc(C(=O)N2CCCCO2)cc1. The lowest BCUT2D eigenvalue weighted by Crippen LogP contribution is -2.35. The van der Waals surface area contributed by atoms with Gasteiger partial charge in [-0.25, -0.2) is 5.06 Å². The van der Waals surface area contributed by atoms with Crippen LogP contribution in [0.4, 0.5) is 0 Å². The second kappa shape index (κ2) is 6.40. The van der Waals surface area contributed by atoms with Gasteiger partial charge in [0.05, 0.1) is 13.2 Å². The highest BCUT2D eigenvalue weighted by Crippen LogP contribution is 2.16. The number of benzene rings is 1. The first kappa shape index (κ1) is 12.9. The molecule has 1 aliphatic heterocycles. The van der Waals surface area contributed by atoms with Crippen LogP contribution in [0.25, 0.3) is 0 Å². The van der Waals surface area contributed by atoms with Gasteiger partial charge in [0.2, 0.25) is 0 Å². The number of ether oxygens (including phenoxy) is 1. The van der Waals surface area contributed by atoms with Gasteiger partial charge in [-0.1, -0.05) is 6.92 Å². The summed E-state index contributed by atoms with van der Waals surface area (Å²) < 4.78 is 5.48. The highest BCUT2D eigenvalue weighted by Gasteiger charge is 2.19. The van der Waals surface area contributed by atoms with E-state index in [1.54, 1.807) is 12.1 Å². The molecule has 0 aliphatic carbocycles. The van der Waals surface area contributed by atoms with E-state index < -0.39 is 0 Å². The number of hydrogen-bond acceptors (Lipinski definition) is 3. The molecule has 1 aliphatic rings. The molecule has 98 valence electrons. The molecule has 0 saturated carbocycles. The first-order valence-corrected chi connectivity index (χ1v) is 6.49. The maximum atomic E-state index is 12.1. The molecule has 0 spiro atoms. The molecule has 1 heterocycles. The second-order valence-electron chi connectivity index (χ2n) is 4.32. The molecule has 0 bridgehead atoms. The molecule has 1 saturated heterocycles. The fraction of sp³-hybridized carbons (Fsp3) is 0.500. The lowest BCUT2D eigenvalue weighted by atomic mass is 10.2. The Kier molecular flexibility index (Phi) is 4.59. The Bertz CT molecular complexity index is 383.